The Balaban J connectivity index is 2.45. The fourth-order valence-corrected chi connectivity index (χ4v) is 1.61. The number of benzene rings is 1. The maximum Gasteiger partial charge on any atom is 0.417 e. The van der Waals surface area contributed by atoms with Crippen molar-refractivity contribution >= 4 is 5.78 Å². The molecule has 0 atom stereocenters. The molecular weight excluding hydrogens is 231 g/mol. The number of hydrogen-bond acceptors (Lipinski definition) is 2. The predicted molar refractivity (Wildman–Crippen MR) is 53.2 cm³/mol. The van der Waals surface area contributed by atoms with Crippen molar-refractivity contribution < 1.29 is 18.0 Å². The van der Waals surface area contributed by atoms with E-state index in [-0.39, 0.29) is 17.3 Å². The lowest BCUT2D eigenvalue weighted by atomic mass is 10.00. The van der Waals surface area contributed by atoms with E-state index in [1.54, 1.807) is 0 Å². The molecule has 1 fully saturated rings. The van der Waals surface area contributed by atoms with Crippen molar-refractivity contribution in [3.63, 3.8) is 0 Å². The van der Waals surface area contributed by atoms with Gasteiger partial charge in [0.2, 0.25) is 0 Å². The first-order chi connectivity index (χ1) is 7.93. The number of alkyl halides is 3. The average Bonchev–Trinajstić information content (AvgIpc) is 3.10. The van der Waals surface area contributed by atoms with Gasteiger partial charge in [0.1, 0.15) is 0 Å². The number of ketones is 1. The summed E-state index contributed by atoms with van der Waals surface area (Å²) in [6, 6.07) is 4.60. The maximum absolute atomic E-state index is 12.6. The maximum atomic E-state index is 12.6. The zero-order valence-corrected chi connectivity index (χ0v) is 8.71. The molecule has 0 aromatic heterocycles. The molecule has 0 unspecified atom stereocenters. The monoisotopic (exact) mass is 239 g/mol. The van der Waals surface area contributed by atoms with Gasteiger partial charge in [-0.2, -0.15) is 18.4 Å². The van der Waals surface area contributed by atoms with Crippen molar-refractivity contribution in [1.29, 1.82) is 5.26 Å². The molecule has 1 aromatic rings. The Morgan fingerprint density at radius 1 is 1.35 bits per heavy atom. The highest BCUT2D eigenvalue weighted by Crippen LogP contribution is 2.36. The molecule has 0 saturated heterocycles. The minimum Gasteiger partial charge on any atom is -0.294 e. The molecule has 0 bridgehead atoms. The predicted octanol–water partition coefficient (Wildman–Crippen LogP) is 3.17. The molecule has 5 heteroatoms. The third-order valence-electron chi connectivity index (χ3n) is 2.68. The van der Waals surface area contributed by atoms with Gasteiger partial charge >= 0.3 is 6.18 Å². The highest BCUT2D eigenvalue weighted by atomic mass is 19.4. The second-order valence-electron chi connectivity index (χ2n) is 4.01. The highest BCUT2D eigenvalue weighted by molar-refractivity contribution is 5.99. The minimum atomic E-state index is -4.61. The summed E-state index contributed by atoms with van der Waals surface area (Å²) in [5, 5.41) is 8.60. The molecular formula is C12H8F3NO. The molecule has 17 heavy (non-hydrogen) atoms. The Morgan fingerprint density at radius 2 is 2.00 bits per heavy atom. The zero-order valence-electron chi connectivity index (χ0n) is 8.71. The van der Waals surface area contributed by atoms with Crippen molar-refractivity contribution in [3.8, 4) is 6.07 Å². The lowest BCUT2D eigenvalue weighted by Gasteiger charge is -2.10. The topological polar surface area (TPSA) is 40.9 Å². The second kappa shape index (κ2) is 3.88. The van der Waals surface area contributed by atoms with Crippen molar-refractivity contribution in [2.75, 3.05) is 0 Å². The summed E-state index contributed by atoms with van der Waals surface area (Å²) in [5.41, 5.74) is -1.45. The largest absolute Gasteiger partial charge is 0.417 e. The van der Waals surface area contributed by atoms with Crippen LogP contribution >= 0.6 is 0 Å². The average molecular weight is 239 g/mol. The molecule has 0 N–H and O–H groups in total. The van der Waals surface area contributed by atoms with Crippen LogP contribution in [0.3, 0.4) is 0 Å². The highest BCUT2D eigenvalue weighted by Gasteiger charge is 2.36. The van der Waals surface area contributed by atoms with E-state index in [1.807, 2.05) is 0 Å². The quantitative estimate of drug-likeness (QED) is 0.744. The van der Waals surface area contributed by atoms with E-state index < -0.39 is 17.3 Å². The van der Waals surface area contributed by atoms with Crippen LogP contribution in [-0.2, 0) is 6.18 Å². The Bertz CT molecular complexity index is 509. The Hall–Kier alpha value is -1.83. The van der Waals surface area contributed by atoms with Crippen LogP contribution in [0.15, 0.2) is 18.2 Å². The van der Waals surface area contributed by atoms with Crippen LogP contribution < -0.4 is 0 Å². The Kier molecular flexibility index (Phi) is 2.66. The first-order valence-corrected chi connectivity index (χ1v) is 5.09. The normalized spacial score (nSPS) is 15.4. The van der Waals surface area contributed by atoms with Gasteiger partial charge in [0.25, 0.3) is 0 Å². The Labute approximate surface area is 95.7 Å². The SMILES string of the molecule is N#Cc1ccc(C(=O)C2CC2)cc1C(F)(F)F. The molecule has 0 amide bonds. The van der Waals surface area contributed by atoms with Crippen LogP contribution in [0.2, 0.25) is 0 Å². The van der Waals surface area contributed by atoms with Gasteiger partial charge in [-0.3, -0.25) is 4.79 Å². The number of halogens is 3. The number of rotatable bonds is 2. The van der Waals surface area contributed by atoms with Crippen molar-refractivity contribution in [2.45, 2.75) is 19.0 Å². The summed E-state index contributed by atoms with van der Waals surface area (Å²) < 4.78 is 37.9. The summed E-state index contributed by atoms with van der Waals surface area (Å²) in [7, 11) is 0. The van der Waals surface area contributed by atoms with Gasteiger partial charge in [-0.1, -0.05) is 6.07 Å². The fourth-order valence-electron chi connectivity index (χ4n) is 1.61. The van der Waals surface area contributed by atoms with E-state index in [1.165, 1.54) is 12.1 Å². The van der Waals surface area contributed by atoms with Gasteiger partial charge < -0.3 is 0 Å². The van der Waals surface area contributed by atoms with Crippen LogP contribution in [0.5, 0.6) is 0 Å². The fraction of sp³-hybridized carbons (Fsp3) is 0.333. The van der Waals surface area contributed by atoms with Gasteiger partial charge in [-0.05, 0) is 25.0 Å². The molecule has 0 radical (unpaired) electrons. The van der Waals surface area contributed by atoms with Crippen LogP contribution in [0, 0.1) is 17.2 Å². The van der Waals surface area contributed by atoms with Gasteiger partial charge in [0.15, 0.2) is 5.78 Å². The standard InChI is InChI=1S/C12H8F3NO/c13-12(14,15)10-5-8(3-4-9(10)6-16)11(17)7-1-2-7/h3-5,7H,1-2H2. The van der Waals surface area contributed by atoms with Gasteiger partial charge in [0, 0.05) is 11.5 Å². The molecule has 1 aliphatic carbocycles. The van der Waals surface area contributed by atoms with Gasteiger partial charge in [-0.15, -0.1) is 0 Å². The van der Waals surface area contributed by atoms with Gasteiger partial charge in [0.05, 0.1) is 17.2 Å². The van der Waals surface area contributed by atoms with E-state index in [0.717, 1.165) is 25.0 Å². The number of nitriles is 1. The lowest BCUT2D eigenvalue weighted by molar-refractivity contribution is -0.137. The molecule has 2 nitrogen and oxygen atoms in total. The number of carbonyl (C=O) groups excluding carboxylic acids is 1. The first-order valence-electron chi connectivity index (χ1n) is 5.09. The van der Waals surface area contributed by atoms with Crippen molar-refractivity contribution in [3.05, 3.63) is 34.9 Å². The first kappa shape index (κ1) is 11.6. The second-order valence-corrected chi connectivity index (χ2v) is 4.01. The Morgan fingerprint density at radius 3 is 2.47 bits per heavy atom. The van der Waals surface area contributed by atoms with Gasteiger partial charge in [-0.25, -0.2) is 0 Å². The van der Waals surface area contributed by atoms with Crippen LogP contribution in [0.1, 0.15) is 34.3 Å². The third-order valence-corrected chi connectivity index (χ3v) is 2.68. The van der Waals surface area contributed by atoms with E-state index in [4.69, 9.17) is 5.26 Å². The van der Waals surface area contributed by atoms with E-state index in [9.17, 15) is 18.0 Å². The molecule has 0 spiro atoms. The molecule has 1 saturated carbocycles. The summed E-state index contributed by atoms with van der Waals surface area (Å²) in [6.45, 7) is 0. The number of nitrogens with zero attached hydrogens (tertiary/aromatic N) is 1. The van der Waals surface area contributed by atoms with Crippen molar-refractivity contribution in [2.24, 2.45) is 5.92 Å². The molecule has 0 aliphatic heterocycles. The summed E-state index contributed by atoms with van der Waals surface area (Å²) in [6.07, 6.45) is -3.13. The molecule has 0 heterocycles. The third kappa shape index (κ3) is 2.31. The van der Waals surface area contributed by atoms with Crippen LogP contribution in [-0.4, -0.2) is 5.78 Å². The lowest BCUT2D eigenvalue weighted by Crippen LogP contribution is -2.11. The van der Waals surface area contributed by atoms with E-state index in [2.05, 4.69) is 0 Å². The molecule has 1 aliphatic rings. The van der Waals surface area contributed by atoms with Crippen LogP contribution in [0.4, 0.5) is 13.2 Å². The minimum absolute atomic E-state index is 0.0406. The summed E-state index contributed by atoms with van der Waals surface area (Å²) in [4.78, 5) is 11.6. The van der Waals surface area contributed by atoms with Crippen LogP contribution in [0.25, 0.3) is 0 Å². The summed E-state index contributed by atoms with van der Waals surface area (Å²) >= 11 is 0. The zero-order chi connectivity index (χ0) is 12.6. The van der Waals surface area contributed by atoms with E-state index in [0.29, 0.717) is 0 Å². The van der Waals surface area contributed by atoms with E-state index >= 15 is 0 Å². The molecule has 1 aromatic carbocycles. The smallest absolute Gasteiger partial charge is 0.294 e. The molecule has 2 rings (SSSR count). The number of Topliss-reactive ketones (excluding diaryl/α,β-unsaturated/α-hetero) is 1. The number of hydrogen-bond donors (Lipinski definition) is 0. The summed E-state index contributed by atoms with van der Waals surface area (Å²) in [5.74, 6) is -0.399. The molecule has 88 valence electrons. The van der Waals surface area contributed by atoms with Crippen molar-refractivity contribution in [1.82, 2.24) is 0 Å². The number of carbonyl (C=O) groups is 1.